The summed E-state index contributed by atoms with van der Waals surface area (Å²) >= 11 is 0. The van der Waals surface area contributed by atoms with E-state index in [4.69, 9.17) is 14.0 Å². The molecule has 1 heterocycles. The topological polar surface area (TPSA) is 82.1 Å². The van der Waals surface area contributed by atoms with Crippen molar-refractivity contribution in [3.05, 3.63) is 0 Å². The van der Waals surface area contributed by atoms with E-state index in [-0.39, 0.29) is 12.9 Å². The summed E-state index contributed by atoms with van der Waals surface area (Å²) in [4.78, 5) is 0. The molecule has 1 aliphatic rings. The van der Waals surface area contributed by atoms with Gasteiger partial charge in [-0.2, -0.15) is 8.42 Å². The molecular weight excluding hydrogens is 320 g/mol. The number of ether oxygens (including phenoxy) is 2. The van der Waals surface area contributed by atoms with Crippen LogP contribution in [0.2, 0.25) is 0 Å². The summed E-state index contributed by atoms with van der Waals surface area (Å²) in [6.07, 6.45) is 10.00. The smallest absolute Gasteiger partial charge is 0.350 e. The van der Waals surface area contributed by atoms with E-state index in [0.717, 1.165) is 19.3 Å². The maximum atomic E-state index is 10.6. The van der Waals surface area contributed by atoms with Crippen molar-refractivity contribution in [3.8, 4) is 0 Å². The fraction of sp³-hybridized carbons (Fsp3) is 1.00. The minimum atomic E-state index is -4.42. The normalized spacial score (nSPS) is 23.3. The highest BCUT2D eigenvalue weighted by Gasteiger charge is 2.32. The Bertz CT molecular complexity index is 397. The zero-order valence-corrected chi connectivity index (χ0v) is 15.2. The molecule has 0 radical (unpaired) electrons. The van der Waals surface area contributed by atoms with Crippen LogP contribution in [0.25, 0.3) is 0 Å². The first-order chi connectivity index (χ1) is 11.0. The third-order valence-corrected chi connectivity index (χ3v) is 4.58. The van der Waals surface area contributed by atoms with Crippen LogP contribution in [-0.4, -0.2) is 38.6 Å². The molecule has 3 unspecified atom stereocenters. The number of hydrogen-bond acceptors (Lipinski definition) is 5. The number of hydrogen-bond donors (Lipinski definition) is 1. The molecule has 0 bridgehead atoms. The van der Waals surface area contributed by atoms with E-state index in [1.807, 2.05) is 0 Å². The van der Waals surface area contributed by atoms with Gasteiger partial charge in [0.2, 0.25) is 0 Å². The molecule has 6 nitrogen and oxygen atoms in total. The molecule has 0 aromatic rings. The summed E-state index contributed by atoms with van der Waals surface area (Å²) in [5.74, 6) is 0.335. The Morgan fingerprint density at radius 1 is 1.09 bits per heavy atom. The molecule has 23 heavy (non-hydrogen) atoms. The lowest BCUT2D eigenvalue weighted by atomic mass is 9.95. The Balaban J connectivity index is 2.28. The molecule has 1 saturated heterocycles. The molecular formula is C16H32O6S. The summed E-state index contributed by atoms with van der Waals surface area (Å²) < 4.78 is 45.5. The van der Waals surface area contributed by atoms with E-state index < -0.39 is 16.5 Å². The molecule has 7 heteroatoms. The van der Waals surface area contributed by atoms with Gasteiger partial charge in [-0.05, 0) is 12.8 Å². The molecule has 0 spiro atoms. The van der Waals surface area contributed by atoms with Crippen molar-refractivity contribution >= 4 is 10.4 Å². The second kappa shape index (κ2) is 11.4. The molecule has 1 N–H and O–H groups in total. The third kappa shape index (κ3) is 9.62. The molecule has 0 saturated carbocycles. The lowest BCUT2D eigenvalue weighted by Crippen LogP contribution is -2.25. The third-order valence-electron chi connectivity index (χ3n) is 4.15. The average molecular weight is 352 g/mol. The summed E-state index contributed by atoms with van der Waals surface area (Å²) in [5.41, 5.74) is 0. The van der Waals surface area contributed by atoms with Gasteiger partial charge in [0.1, 0.15) is 6.10 Å². The molecule has 0 aromatic heterocycles. The van der Waals surface area contributed by atoms with Crippen molar-refractivity contribution in [2.45, 2.75) is 84.0 Å². The Kier molecular flexibility index (Phi) is 10.3. The van der Waals surface area contributed by atoms with Crippen molar-refractivity contribution in [3.63, 3.8) is 0 Å². The first-order valence-electron chi connectivity index (χ1n) is 8.85. The van der Waals surface area contributed by atoms with Crippen LogP contribution in [0.4, 0.5) is 0 Å². The Hall–Kier alpha value is -0.210. The zero-order valence-electron chi connectivity index (χ0n) is 14.4. The van der Waals surface area contributed by atoms with Crippen LogP contribution >= 0.6 is 0 Å². The van der Waals surface area contributed by atoms with Gasteiger partial charge in [-0.25, -0.2) is 4.18 Å². The van der Waals surface area contributed by atoms with Gasteiger partial charge in [-0.15, -0.1) is 0 Å². The van der Waals surface area contributed by atoms with E-state index in [9.17, 15) is 8.42 Å². The Labute approximate surface area is 140 Å². The van der Waals surface area contributed by atoms with Crippen molar-refractivity contribution in [2.75, 3.05) is 13.2 Å². The van der Waals surface area contributed by atoms with Crippen LogP contribution < -0.4 is 0 Å². The Morgan fingerprint density at radius 3 is 2.43 bits per heavy atom. The van der Waals surface area contributed by atoms with Crippen LogP contribution in [-0.2, 0) is 24.1 Å². The summed E-state index contributed by atoms with van der Waals surface area (Å²) in [6, 6.07) is 0. The van der Waals surface area contributed by atoms with Gasteiger partial charge in [0, 0.05) is 5.92 Å². The SMILES string of the molecule is CCCCCCCCC(CCC)C1OCC(COS(=O)(=O)O)O1. The second-order valence-corrected chi connectivity index (χ2v) is 7.37. The molecule has 3 atom stereocenters. The van der Waals surface area contributed by atoms with Crippen LogP contribution in [0, 0.1) is 5.92 Å². The predicted octanol–water partition coefficient (Wildman–Crippen LogP) is 3.71. The predicted molar refractivity (Wildman–Crippen MR) is 88.5 cm³/mol. The molecule has 0 amide bonds. The first kappa shape index (κ1) is 20.8. The lowest BCUT2D eigenvalue weighted by molar-refractivity contribution is -0.105. The highest BCUT2D eigenvalue weighted by Crippen LogP contribution is 2.27. The van der Waals surface area contributed by atoms with Crippen LogP contribution in [0.5, 0.6) is 0 Å². The van der Waals surface area contributed by atoms with Crippen molar-refractivity contribution in [1.29, 1.82) is 0 Å². The van der Waals surface area contributed by atoms with Crippen molar-refractivity contribution in [2.24, 2.45) is 5.92 Å². The highest BCUT2D eigenvalue weighted by atomic mass is 32.3. The quantitative estimate of drug-likeness (QED) is 0.402. The summed E-state index contributed by atoms with van der Waals surface area (Å²) in [6.45, 7) is 4.46. The van der Waals surface area contributed by atoms with E-state index in [0.29, 0.717) is 12.5 Å². The lowest BCUT2D eigenvalue weighted by Gasteiger charge is -2.22. The van der Waals surface area contributed by atoms with Gasteiger partial charge in [-0.1, -0.05) is 58.8 Å². The van der Waals surface area contributed by atoms with Crippen LogP contribution in [0.3, 0.4) is 0 Å². The number of rotatable bonds is 13. The fourth-order valence-electron chi connectivity index (χ4n) is 2.94. The Morgan fingerprint density at radius 2 is 1.78 bits per heavy atom. The van der Waals surface area contributed by atoms with E-state index in [1.54, 1.807) is 0 Å². The summed E-state index contributed by atoms with van der Waals surface area (Å²) in [7, 11) is -4.42. The maximum absolute atomic E-state index is 10.6. The van der Waals surface area contributed by atoms with Gasteiger partial charge in [0.15, 0.2) is 6.29 Å². The molecule has 1 aliphatic heterocycles. The van der Waals surface area contributed by atoms with E-state index in [1.165, 1.54) is 38.5 Å². The molecule has 1 rings (SSSR count). The average Bonchev–Trinajstić information content (AvgIpc) is 2.96. The van der Waals surface area contributed by atoms with Gasteiger partial charge < -0.3 is 9.47 Å². The van der Waals surface area contributed by atoms with Crippen molar-refractivity contribution in [1.82, 2.24) is 0 Å². The van der Waals surface area contributed by atoms with Crippen molar-refractivity contribution < 1.29 is 26.6 Å². The van der Waals surface area contributed by atoms with Gasteiger partial charge >= 0.3 is 10.4 Å². The van der Waals surface area contributed by atoms with E-state index in [2.05, 4.69) is 18.0 Å². The summed E-state index contributed by atoms with van der Waals surface area (Å²) in [5, 5.41) is 0. The van der Waals surface area contributed by atoms with Gasteiger partial charge in [0.25, 0.3) is 0 Å². The minimum absolute atomic E-state index is 0.203. The zero-order chi connectivity index (χ0) is 17.1. The highest BCUT2D eigenvalue weighted by molar-refractivity contribution is 7.80. The molecule has 0 aliphatic carbocycles. The fourth-order valence-corrected chi connectivity index (χ4v) is 3.26. The van der Waals surface area contributed by atoms with Crippen LogP contribution in [0.15, 0.2) is 0 Å². The standard InChI is InChI=1S/C16H32O6S/c1-3-5-6-7-8-9-11-14(10-4-2)16-20-12-15(22-16)13-21-23(17,18)19/h14-16H,3-13H2,1-2H3,(H,17,18,19). The van der Waals surface area contributed by atoms with E-state index >= 15 is 0 Å². The second-order valence-electron chi connectivity index (χ2n) is 6.28. The largest absolute Gasteiger partial charge is 0.397 e. The monoisotopic (exact) mass is 352 g/mol. The minimum Gasteiger partial charge on any atom is -0.350 e. The molecule has 1 fully saturated rings. The number of unbranched alkanes of at least 4 members (excludes halogenated alkanes) is 5. The maximum Gasteiger partial charge on any atom is 0.397 e. The molecule has 138 valence electrons. The van der Waals surface area contributed by atoms with Gasteiger partial charge in [0.05, 0.1) is 13.2 Å². The van der Waals surface area contributed by atoms with Gasteiger partial charge in [-0.3, -0.25) is 4.55 Å². The first-order valence-corrected chi connectivity index (χ1v) is 10.2. The van der Waals surface area contributed by atoms with Crippen LogP contribution in [0.1, 0.15) is 71.6 Å². The molecule has 0 aromatic carbocycles.